The lowest BCUT2D eigenvalue weighted by Gasteiger charge is -2.27. The molecule has 0 aliphatic carbocycles. The molecule has 1 saturated heterocycles. The van der Waals surface area contributed by atoms with Crippen LogP contribution in [-0.2, 0) is 26.8 Å². The zero-order valence-electron chi connectivity index (χ0n) is 13.8. The molecule has 0 bridgehead atoms. The van der Waals surface area contributed by atoms with Gasteiger partial charge in [0.15, 0.2) is 0 Å². The van der Waals surface area contributed by atoms with Crippen LogP contribution in [0.3, 0.4) is 0 Å². The van der Waals surface area contributed by atoms with E-state index in [1.54, 1.807) is 0 Å². The van der Waals surface area contributed by atoms with Crippen molar-refractivity contribution in [3.05, 3.63) is 12.4 Å². The third-order valence-electron chi connectivity index (χ3n) is 3.19. The summed E-state index contributed by atoms with van der Waals surface area (Å²) >= 11 is 1.11. The van der Waals surface area contributed by atoms with E-state index in [-0.39, 0.29) is 18.2 Å². The van der Waals surface area contributed by atoms with E-state index in [4.69, 9.17) is 20.4 Å². The predicted octanol–water partition coefficient (Wildman–Crippen LogP) is -0.348. The summed E-state index contributed by atoms with van der Waals surface area (Å²) in [5, 5.41) is 8.93. The van der Waals surface area contributed by atoms with Gasteiger partial charge < -0.3 is 35.3 Å². The van der Waals surface area contributed by atoms with Crippen molar-refractivity contribution >= 4 is 47.5 Å². The molecule has 0 amide bonds. The summed E-state index contributed by atoms with van der Waals surface area (Å²) in [6.45, 7) is 3.09. The van der Waals surface area contributed by atoms with Crippen LogP contribution in [0.5, 0.6) is 0 Å². The van der Waals surface area contributed by atoms with Gasteiger partial charge in [-0.3, -0.25) is 4.52 Å². The number of nitrogens with zero attached hydrogens (tertiary/aromatic N) is 3. The molecule has 19 heteroatoms. The second-order valence-electron chi connectivity index (χ2n) is 5.36. The lowest BCUT2D eigenvalue weighted by atomic mass is 10.2. The van der Waals surface area contributed by atoms with Gasteiger partial charge in [0.1, 0.15) is 12.2 Å². The Bertz CT molecular complexity index is 830. The Morgan fingerprint density at radius 2 is 1.89 bits per heavy atom. The Kier molecular flexibility index (Phi) is 7.31. The fourth-order valence-corrected chi connectivity index (χ4v) is 6.76. The van der Waals surface area contributed by atoms with Crippen LogP contribution < -0.4 is 5.73 Å². The molecule has 15 nitrogen and oxygen atoms in total. The number of phosphoric acid groups is 3. The number of hydrogen-bond acceptors (Lipinski definition) is 12. The standard InChI is InChI=1S/C9H17N4O11P3S/c1-5-12-9(10)11-4-13(5)8-2-6(14)7(28-8)3-22-26(18,19)24-27(20,21)23-25(15,16)17/h4,6-8,14H,1-3H2,(H2,10,12)(H,18,19)(H,20,21)(H2,15,16,17)/t6-,7-,8-/m1/s1. The molecule has 0 aromatic heterocycles. The van der Waals surface area contributed by atoms with Crippen LogP contribution in [0.25, 0.3) is 0 Å². The van der Waals surface area contributed by atoms with Crippen molar-refractivity contribution in [1.82, 2.24) is 4.90 Å². The average Bonchev–Trinajstić information content (AvgIpc) is 2.82. The minimum absolute atomic E-state index is 0.00834. The van der Waals surface area contributed by atoms with Crippen LogP contribution in [-0.4, -0.2) is 65.2 Å². The molecule has 2 aliphatic rings. The van der Waals surface area contributed by atoms with Crippen molar-refractivity contribution in [1.29, 1.82) is 0 Å². The Morgan fingerprint density at radius 1 is 1.25 bits per heavy atom. The van der Waals surface area contributed by atoms with E-state index in [2.05, 4.69) is 29.7 Å². The van der Waals surface area contributed by atoms with E-state index in [9.17, 15) is 23.7 Å². The van der Waals surface area contributed by atoms with Crippen LogP contribution in [0.2, 0.25) is 0 Å². The maximum absolute atomic E-state index is 11.7. The number of aliphatic imine (C=N–C) groups is 2. The van der Waals surface area contributed by atoms with E-state index >= 15 is 0 Å². The van der Waals surface area contributed by atoms with Gasteiger partial charge in [-0.25, -0.2) is 18.7 Å². The zero-order valence-corrected chi connectivity index (χ0v) is 17.3. The molecule has 2 rings (SSSR count). The lowest BCUT2D eigenvalue weighted by molar-refractivity contribution is 0.124. The summed E-state index contributed by atoms with van der Waals surface area (Å²) in [5.41, 5.74) is 5.44. The quantitative estimate of drug-likeness (QED) is 0.243. The van der Waals surface area contributed by atoms with Gasteiger partial charge in [-0.2, -0.15) is 13.6 Å². The minimum Gasteiger partial charge on any atom is -0.392 e. The smallest absolute Gasteiger partial charge is 0.392 e. The van der Waals surface area contributed by atoms with Crippen LogP contribution in [0, 0.1) is 0 Å². The third kappa shape index (κ3) is 7.02. The number of aliphatic hydroxyl groups is 1. The first-order chi connectivity index (χ1) is 12.7. The van der Waals surface area contributed by atoms with Gasteiger partial charge in [0.25, 0.3) is 0 Å². The molecule has 2 heterocycles. The second-order valence-corrected chi connectivity index (χ2v) is 11.2. The number of guanidine groups is 1. The second kappa shape index (κ2) is 8.64. The van der Waals surface area contributed by atoms with E-state index in [1.165, 1.54) is 11.2 Å². The first kappa shape index (κ1) is 23.7. The summed E-state index contributed by atoms with van der Waals surface area (Å²) in [7, 11) is -16.3. The van der Waals surface area contributed by atoms with Gasteiger partial charge in [-0.1, -0.05) is 6.58 Å². The van der Waals surface area contributed by atoms with Crippen molar-refractivity contribution in [3.8, 4) is 0 Å². The maximum Gasteiger partial charge on any atom is 0.490 e. The van der Waals surface area contributed by atoms with Crippen molar-refractivity contribution in [2.45, 2.75) is 23.1 Å². The van der Waals surface area contributed by atoms with Gasteiger partial charge >= 0.3 is 23.5 Å². The van der Waals surface area contributed by atoms with E-state index in [0.717, 1.165) is 11.8 Å². The molecular formula is C9H17N4O11P3S. The Balaban J connectivity index is 1.92. The van der Waals surface area contributed by atoms with Crippen LogP contribution >= 0.6 is 35.2 Å². The topological polar surface area (TPSA) is 234 Å². The van der Waals surface area contributed by atoms with Gasteiger partial charge in [-0.05, 0) is 0 Å². The molecule has 2 unspecified atom stereocenters. The Labute approximate surface area is 162 Å². The number of aliphatic hydroxyl groups excluding tert-OH is 1. The number of rotatable bonds is 8. The molecule has 0 saturated carbocycles. The molecule has 28 heavy (non-hydrogen) atoms. The summed E-state index contributed by atoms with van der Waals surface area (Å²) < 4.78 is 45.3. The molecule has 1 fully saturated rings. The summed E-state index contributed by atoms with van der Waals surface area (Å²) in [6.07, 6.45) is 0.529. The molecule has 160 valence electrons. The minimum atomic E-state index is -5.59. The number of thioether (sulfide) groups is 1. The lowest BCUT2D eigenvalue weighted by Crippen LogP contribution is -2.33. The number of nitrogens with two attached hydrogens (primary N) is 1. The summed E-state index contributed by atoms with van der Waals surface area (Å²) in [6, 6.07) is 0. The Morgan fingerprint density at radius 3 is 2.46 bits per heavy atom. The third-order valence-corrected chi connectivity index (χ3v) is 8.52. The van der Waals surface area contributed by atoms with Gasteiger partial charge in [0.05, 0.1) is 23.3 Å². The number of hydrogen-bond donors (Lipinski definition) is 6. The van der Waals surface area contributed by atoms with Crippen molar-refractivity contribution < 1.29 is 51.5 Å². The molecule has 0 aromatic rings. The highest BCUT2D eigenvalue weighted by molar-refractivity contribution is 8.00. The zero-order chi connectivity index (χ0) is 21.3. The van der Waals surface area contributed by atoms with Gasteiger partial charge in [0.2, 0.25) is 5.96 Å². The maximum atomic E-state index is 11.7. The molecule has 0 aromatic carbocycles. The summed E-state index contributed by atoms with van der Waals surface area (Å²) in [4.78, 5) is 44.7. The van der Waals surface area contributed by atoms with Crippen LogP contribution in [0.15, 0.2) is 22.4 Å². The van der Waals surface area contributed by atoms with Crippen molar-refractivity contribution in [2.24, 2.45) is 15.7 Å². The monoisotopic (exact) mass is 482 g/mol. The molecule has 7 N–H and O–H groups in total. The highest BCUT2D eigenvalue weighted by Gasteiger charge is 2.43. The van der Waals surface area contributed by atoms with Crippen LogP contribution in [0.4, 0.5) is 0 Å². The largest absolute Gasteiger partial charge is 0.490 e. The Hall–Kier alpha value is -0.600. The molecule has 0 radical (unpaired) electrons. The SMILES string of the molecule is C=C1N=C(N)N=CN1[C@H]1C[C@@H](O)[C@@H](COP(=O)(O)OP(=O)(O)OP(=O)(O)O)S1. The molecule has 5 atom stereocenters. The van der Waals surface area contributed by atoms with E-state index < -0.39 is 46.8 Å². The van der Waals surface area contributed by atoms with E-state index in [0.29, 0.717) is 0 Å². The molecule has 0 spiro atoms. The predicted molar refractivity (Wildman–Crippen MR) is 96.7 cm³/mol. The highest BCUT2D eigenvalue weighted by Crippen LogP contribution is 2.66. The number of phosphoric ester groups is 1. The van der Waals surface area contributed by atoms with Crippen LogP contribution in [0.1, 0.15) is 6.42 Å². The normalized spacial score (nSPS) is 30.0. The summed E-state index contributed by atoms with van der Waals surface area (Å²) in [5.74, 6) is 0.278. The molecular weight excluding hydrogens is 465 g/mol. The van der Waals surface area contributed by atoms with E-state index in [1.807, 2.05) is 0 Å². The van der Waals surface area contributed by atoms with Crippen molar-refractivity contribution in [2.75, 3.05) is 6.61 Å². The van der Waals surface area contributed by atoms with Crippen molar-refractivity contribution in [3.63, 3.8) is 0 Å². The van der Waals surface area contributed by atoms with Gasteiger partial charge in [-0.15, -0.1) is 11.8 Å². The molecule has 2 aliphatic heterocycles. The first-order valence-corrected chi connectivity index (χ1v) is 12.6. The fourth-order valence-electron chi connectivity index (χ4n) is 2.15. The average molecular weight is 482 g/mol. The highest BCUT2D eigenvalue weighted by atomic mass is 32.2. The fraction of sp³-hybridized carbons (Fsp3) is 0.556. The first-order valence-electron chi connectivity index (χ1n) is 7.15. The van der Waals surface area contributed by atoms with Gasteiger partial charge in [0, 0.05) is 6.42 Å².